The fourth-order valence-corrected chi connectivity index (χ4v) is 1.44. The molecular formula is C13H20FNO. The second kappa shape index (κ2) is 5.41. The molecule has 0 unspecified atom stereocenters. The van der Waals surface area contributed by atoms with Crippen molar-refractivity contribution in [2.24, 2.45) is 5.41 Å². The van der Waals surface area contributed by atoms with Gasteiger partial charge >= 0.3 is 0 Å². The Hall–Kier alpha value is -0.930. The van der Waals surface area contributed by atoms with Crippen molar-refractivity contribution in [3.8, 4) is 0 Å². The Labute approximate surface area is 96.5 Å². The summed E-state index contributed by atoms with van der Waals surface area (Å²) in [5.41, 5.74) is 1.59. The van der Waals surface area contributed by atoms with Crippen molar-refractivity contribution in [3.05, 3.63) is 35.1 Å². The molecule has 1 aromatic rings. The summed E-state index contributed by atoms with van der Waals surface area (Å²) >= 11 is 0. The molecule has 0 fully saturated rings. The minimum absolute atomic E-state index is 0.236. The van der Waals surface area contributed by atoms with Crippen LogP contribution in [0, 0.1) is 11.2 Å². The lowest BCUT2D eigenvalue weighted by atomic mass is 9.97. The zero-order valence-electron chi connectivity index (χ0n) is 10.2. The Bertz CT molecular complexity index is 344. The monoisotopic (exact) mass is 225 g/mol. The van der Waals surface area contributed by atoms with Crippen LogP contribution in [0.4, 0.5) is 4.39 Å². The Kier molecular flexibility index (Phi) is 4.44. The Morgan fingerprint density at radius 1 is 1.31 bits per heavy atom. The second-order valence-corrected chi connectivity index (χ2v) is 5.25. The first-order chi connectivity index (χ1) is 7.42. The molecule has 1 rings (SSSR count). The van der Waals surface area contributed by atoms with Gasteiger partial charge in [0, 0.05) is 18.7 Å². The van der Waals surface area contributed by atoms with Gasteiger partial charge in [-0.25, -0.2) is 4.39 Å². The molecule has 0 atom stereocenters. The van der Waals surface area contributed by atoms with Crippen LogP contribution in [0.3, 0.4) is 0 Å². The van der Waals surface area contributed by atoms with E-state index in [9.17, 15) is 4.39 Å². The summed E-state index contributed by atoms with van der Waals surface area (Å²) < 4.78 is 13.1. The molecule has 2 nitrogen and oxygen atoms in total. The highest BCUT2D eigenvalue weighted by molar-refractivity contribution is 5.24. The maximum absolute atomic E-state index is 13.1. The highest BCUT2D eigenvalue weighted by Gasteiger charge is 2.09. The largest absolute Gasteiger partial charge is 0.392 e. The van der Waals surface area contributed by atoms with E-state index in [-0.39, 0.29) is 17.8 Å². The molecule has 0 aromatic heterocycles. The molecule has 90 valence electrons. The number of hydrogen-bond acceptors (Lipinski definition) is 2. The van der Waals surface area contributed by atoms with Crippen LogP contribution in [0.15, 0.2) is 18.2 Å². The average molecular weight is 225 g/mol. The molecule has 2 N–H and O–H groups in total. The van der Waals surface area contributed by atoms with E-state index < -0.39 is 0 Å². The van der Waals surface area contributed by atoms with Crippen LogP contribution in [0.1, 0.15) is 31.9 Å². The van der Waals surface area contributed by atoms with Gasteiger partial charge in [-0.05, 0) is 23.1 Å². The summed E-state index contributed by atoms with van der Waals surface area (Å²) in [7, 11) is 0. The number of rotatable bonds is 4. The molecule has 1 aromatic carbocycles. The molecular weight excluding hydrogens is 205 g/mol. The maximum atomic E-state index is 13.1. The van der Waals surface area contributed by atoms with Gasteiger partial charge in [-0.3, -0.25) is 0 Å². The third-order valence-electron chi connectivity index (χ3n) is 2.26. The Balaban J connectivity index is 2.55. The third-order valence-corrected chi connectivity index (χ3v) is 2.26. The van der Waals surface area contributed by atoms with E-state index >= 15 is 0 Å². The van der Waals surface area contributed by atoms with Gasteiger partial charge in [-0.2, -0.15) is 0 Å². The maximum Gasteiger partial charge on any atom is 0.128 e. The highest BCUT2D eigenvalue weighted by atomic mass is 19.1. The summed E-state index contributed by atoms with van der Waals surface area (Å²) in [4.78, 5) is 0. The molecule has 3 heteroatoms. The summed E-state index contributed by atoms with van der Waals surface area (Å²) in [5, 5.41) is 12.2. The molecule has 0 aliphatic carbocycles. The number of halogens is 1. The molecule has 0 amide bonds. The molecule has 0 aliphatic heterocycles. The zero-order chi connectivity index (χ0) is 12.2. The molecule has 0 aliphatic rings. The first kappa shape index (κ1) is 13.1. The van der Waals surface area contributed by atoms with E-state index in [0.29, 0.717) is 12.1 Å². The van der Waals surface area contributed by atoms with E-state index in [2.05, 4.69) is 26.1 Å². The minimum atomic E-state index is -0.345. The minimum Gasteiger partial charge on any atom is -0.392 e. The van der Waals surface area contributed by atoms with Crippen LogP contribution in [0.2, 0.25) is 0 Å². The molecule has 16 heavy (non-hydrogen) atoms. The highest BCUT2D eigenvalue weighted by Crippen LogP contribution is 2.13. The lowest BCUT2D eigenvalue weighted by Crippen LogP contribution is -2.26. The Morgan fingerprint density at radius 3 is 2.56 bits per heavy atom. The van der Waals surface area contributed by atoms with Gasteiger partial charge in [0.05, 0.1) is 6.61 Å². The number of hydrogen-bond donors (Lipinski definition) is 2. The number of nitrogens with one attached hydrogen (secondary N) is 1. The standard InChI is InChI=1S/C13H20FNO/c1-13(2,3)9-15-7-10-4-5-12(14)11(6-10)8-16/h4-6,15-16H,7-9H2,1-3H3. The molecule has 0 spiro atoms. The molecule has 0 bridgehead atoms. The van der Waals surface area contributed by atoms with Crippen molar-refractivity contribution in [1.82, 2.24) is 5.32 Å². The number of aliphatic hydroxyl groups is 1. The van der Waals surface area contributed by atoms with E-state index in [4.69, 9.17) is 5.11 Å². The van der Waals surface area contributed by atoms with Crippen LogP contribution in [-0.4, -0.2) is 11.7 Å². The smallest absolute Gasteiger partial charge is 0.128 e. The van der Waals surface area contributed by atoms with Crippen LogP contribution in [-0.2, 0) is 13.2 Å². The van der Waals surface area contributed by atoms with E-state index in [1.807, 2.05) is 0 Å². The first-order valence-corrected chi connectivity index (χ1v) is 5.51. The van der Waals surface area contributed by atoms with Crippen LogP contribution < -0.4 is 5.32 Å². The summed E-state index contributed by atoms with van der Waals surface area (Å²) in [6.45, 7) is 7.82. The second-order valence-electron chi connectivity index (χ2n) is 5.25. The van der Waals surface area contributed by atoms with Crippen LogP contribution >= 0.6 is 0 Å². The Morgan fingerprint density at radius 2 is 2.00 bits per heavy atom. The fraction of sp³-hybridized carbons (Fsp3) is 0.538. The van der Waals surface area contributed by atoms with Crippen molar-refractivity contribution in [2.75, 3.05) is 6.54 Å². The summed E-state index contributed by atoms with van der Waals surface area (Å²) in [5.74, 6) is -0.345. The van der Waals surface area contributed by atoms with Gasteiger partial charge in [-0.1, -0.05) is 26.8 Å². The number of benzene rings is 1. The predicted molar refractivity (Wildman–Crippen MR) is 63.5 cm³/mol. The van der Waals surface area contributed by atoms with Gasteiger partial charge in [0.15, 0.2) is 0 Å². The van der Waals surface area contributed by atoms with E-state index in [1.165, 1.54) is 6.07 Å². The van der Waals surface area contributed by atoms with Crippen LogP contribution in [0.25, 0.3) is 0 Å². The van der Waals surface area contributed by atoms with Crippen LogP contribution in [0.5, 0.6) is 0 Å². The van der Waals surface area contributed by atoms with Gasteiger partial charge in [0.25, 0.3) is 0 Å². The van der Waals surface area contributed by atoms with Gasteiger partial charge in [0.1, 0.15) is 5.82 Å². The SMILES string of the molecule is CC(C)(C)CNCc1ccc(F)c(CO)c1. The quantitative estimate of drug-likeness (QED) is 0.825. The van der Waals surface area contributed by atoms with E-state index in [0.717, 1.165) is 12.1 Å². The van der Waals surface area contributed by atoms with Gasteiger partial charge < -0.3 is 10.4 Å². The predicted octanol–water partition coefficient (Wildman–Crippen LogP) is 2.45. The lowest BCUT2D eigenvalue weighted by molar-refractivity contribution is 0.275. The van der Waals surface area contributed by atoms with Gasteiger partial charge in [-0.15, -0.1) is 0 Å². The normalized spacial score (nSPS) is 11.8. The molecule has 0 saturated carbocycles. The van der Waals surface area contributed by atoms with Crippen molar-refractivity contribution < 1.29 is 9.50 Å². The van der Waals surface area contributed by atoms with Crippen molar-refractivity contribution >= 4 is 0 Å². The van der Waals surface area contributed by atoms with Gasteiger partial charge in [0.2, 0.25) is 0 Å². The van der Waals surface area contributed by atoms with Crippen molar-refractivity contribution in [3.63, 3.8) is 0 Å². The molecule has 0 saturated heterocycles. The van der Waals surface area contributed by atoms with Crippen molar-refractivity contribution in [2.45, 2.75) is 33.9 Å². The molecule has 0 heterocycles. The summed E-state index contributed by atoms with van der Waals surface area (Å²) in [6.07, 6.45) is 0. The van der Waals surface area contributed by atoms with Crippen molar-refractivity contribution in [1.29, 1.82) is 0 Å². The number of aliphatic hydroxyl groups excluding tert-OH is 1. The lowest BCUT2D eigenvalue weighted by Gasteiger charge is -2.18. The fourth-order valence-electron chi connectivity index (χ4n) is 1.44. The topological polar surface area (TPSA) is 32.3 Å². The summed E-state index contributed by atoms with van der Waals surface area (Å²) in [6, 6.07) is 4.84. The zero-order valence-corrected chi connectivity index (χ0v) is 10.2. The first-order valence-electron chi connectivity index (χ1n) is 5.51. The van der Waals surface area contributed by atoms with E-state index in [1.54, 1.807) is 12.1 Å². The molecule has 0 radical (unpaired) electrons. The average Bonchev–Trinajstić information content (AvgIpc) is 2.18. The third kappa shape index (κ3) is 4.29.